The molecule has 2 aliphatic carbocycles. The van der Waals surface area contributed by atoms with E-state index in [1.54, 1.807) is 19.1 Å². The highest BCUT2D eigenvalue weighted by atomic mass is 16.7. The molecule has 6 atom stereocenters. The first kappa shape index (κ1) is 24.5. The predicted molar refractivity (Wildman–Crippen MR) is 124 cm³/mol. The maximum atomic E-state index is 13.3. The molecule has 0 aromatic heterocycles. The summed E-state index contributed by atoms with van der Waals surface area (Å²) < 4.78 is 11.8. The van der Waals surface area contributed by atoms with Gasteiger partial charge < -0.3 is 35.6 Å². The molecule has 0 spiro atoms. The average Bonchev–Trinajstić information content (AvgIpc) is 2.82. The lowest BCUT2D eigenvalue weighted by atomic mass is 9.72. The Morgan fingerprint density at radius 1 is 1.11 bits per heavy atom. The second-order valence-electron chi connectivity index (χ2n) is 9.80. The fourth-order valence-electron chi connectivity index (χ4n) is 5.42. The molecule has 36 heavy (non-hydrogen) atoms. The summed E-state index contributed by atoms with van der Waals surface area (Å²) in [6.45, 7) is 2.80. The molecule has 2 aromatic carbocycles. The highest BCUT2D eigenvalue weighted by Crippen LogP contribution is 2.51. The third-order valence-corrected chi connectivity index (χ3v) is 7.50. The Morgan fingerprint density at radius 3 is 2.25 bits per heavy atom. The molecule has 10 heteroatoms. The highest BCUT2D eigenvalue weighted by molar-refractivity contribution is 6.30. The number of phenols is 2. The van der Waals surface area contributed by atoms with Crippen LogP contribution in [-0.4, -0.2) is 67.9 Å². The van der Waals surface area contributed by atoms with E-state index in [1.165, 1.54) is 19.1 Å². The molecular weight excluding hydrogens is 470 g/mol. The van der Waals surface area contributed by atoms with E-state index < -0.39 is 71.5 Å². The highest BCUT2D eigenvalue weighted by Gasteiger charge is 2.49. The number of phenolic OH excluding ortho intramolecular Hbond substituents is 2. The summed E-state index contributed by atoms with van der Waals surface area (Å²) >= 11 is 0. The van der Waals surface area contributed by atoms with Crippen molar-refractivity contribution in [2.45, 2.75) is 69.4 Å². The number of aliphatic hydroxyl groups excluding tert-OH is 1. The monoisotopic (exact) mass is 497 g/mol. The Kier molecular flexibility index (Phi) is 5.77. The van der Waals surface area contributed by atoms with E-state index in [1.807, 2.05) is 0 Å². The molecule has 1 aliphatic heterocycles. The van der Waals surface area contributed by atoms with E-state index in [9.17, 15) is 34.8 Å². The Hall–Kier alpha value is -3.15. The van der Waals surface area contributed by atoms with Gasteiger partial charge in [0.2, 0.25) is 0 Å². The van der Waals surface area contributed by atoms with E-state index in [0.717, 1.165) is 0 Å². The molecule has 6 N–H and O–H groups in total. The lowest BCUT2D eigenvalue weighted by molar-refractivity contribution is -0.247. The predicted octanol–water partition coefficient (Wildman–Crippen LogP) is 1.02. The first-order chi connectivity index (χ1) is 16.9. The van der Waals surface area contributed by atoms with Gasteiger partial charge in [0.1, 0.15) is 17.1 Å². The maximum absolute atomic E-state index is 13.3. The molecule has 2 aromatic rings. The van der Waals surface area contributed by atoms with Gasteiger partial charge in [-0.15, -0.1) is 0 Å². The first-order valence-electron chi connectivity index (χ1n) is 11.7. The minimum Gasteiger partial charge on any atom is -0.507 e. The SMILES string of the molecule is CC(=O)[C@@]1(O)Cc2c(O)c3c(c(O)c2[C@H](OC2CC(N)C(O)C(C)O2)C1)C(=O)c1ccccc1C3=O. The fraction of sp³-hybridized carbons (Fsp3) is 0.423. The summed E-state index contributed by atoms with van der Waals surface area (Å²) in [5, 5.41) is 43.8. The lowest BCUT2D eigenvalue weighted by Crippen LogP contribution is -2.52. The van der Waals surface area contributed by atoms with Crippen molar-refractivity contribution in [2.75, 3.05) is 0 Å². The molecule has 4 unspecified atom stereocenters. The molecule has 10 nitrogen and oxygen atoms in total. The van der Waals surface area contributed by atoms with Crippen LogP contribution in [0.1, 0.15) is 75.8 Å². The number of aromatic hydroxyl groups is 2. The van der Waals surface area contributed by atoms with Gasteiger partial charge in [0.25, 0.3) is 0 Å². The fourth-order valence-corrected chi connectivity index (χ4v) is 5.42. The quantitative estimate of drug-likeness (QED) is 0.328. The molecule has 0 saturated carbocycles. The van der Waals surface area contributed by atoms with Crippen molar-refractivity contribution in [3.63, 3.8) is 0 Å². The van der Waals surface area contributed by atoms with Crippen LogP contribution in [0.5, 0.6) is 11.5 Å². The van der Waals surface area contributed by atoms with Crippen LogP contribution in [0.2, 0.25) is 0 Å². The standard InChI is InChI=1S/C26H27NO9/c1-10-21(29)15(27)7-17(35-10)36-16-9-26(34,11(2)28)8-14-18(16)25(33)20-19(24(14)32)22(30)12-5-3-4-6-13(12)23(20)31/h3-6,10,15-17,21,29,32-34H,7-9,27H2,1-2H3/t10?,15?,16-,17?,21?,26-/m1/s1. The van der Waals surface area contributed by atoms with E-state index in [-0.39, 0.29) is 46.2 Å². The summed E-state index contributed by atoms with van der Waals surface area (Å²) in [5.74, 6) is -3.06. The van der Waals surface area contributed by atoms with Gasteiger partial charge in [-0.05, 0) is 13.8 Å². The van der Waals surface area contributed by atoms with E-state index in [2.05, 4.69) is 0 Å². The van der Waals surface area contributed by atoms with Gasteiger partial charge in [-0.1, -0.05) is 24.3 Å². The molecule has 190 valence electrons. The number of hydrogen-bond donors (Lipinski definition) is 5. The van der Waals surface area contributed by atoms with Crippen molar-refractivity contribution >= 4 is 17.3 Å². The Morgan fingerprint density at radius 2 is 1.69 bits per heavy atom. The third kappa shape index (κ3) is 3.56. The number of nitrogens with two attached hydrogens (primary N) is 1. The van der Waals surface area contributed by atoms with Gasteiger partial charge in [-0.3, -0.25) is 14.4 Å². The van der Waals surface area contributed by atoms with Crippen molar-refractivity contribution in [1.29, 1.82) is 0 Å². The Labute approximate surface area is 206 Å². The summed E-state index contributed by atoms with van der Waals surface area (Å²) in [5.41, 5.74) is 3.38. The Balaban J connectivity index is 1.66. The minimum absolute atomic E-state index is 0.00588. The topological polar surface area (TPSA) is 177 Å². The van der Waals surface area contributed by atoms with Gasteiger partial charge in [0, 0.05) is 47.6 Å². The summed E-state index contributed by atoms with van der Waals surface area (Å²) in [6, 6.07) is 5.40. The van der Waals surface area contributed by atoms with Gasteiger partial charge >= 0.3 is 0 Å². The number of hydrogen-bond acceptors (Lipinski definition) is 10. The van der Waals surface area contributed by atoms with E-state index in [0.29, 0.717) is 0 Å². The molecule has 3 aliphatic rings. The zero-order valence-electron chi connectivity index (χ0n) is 19.7. The maximum Gasteiger partial charge on any atom is 0.198 e. The summed E-state index contributed by atoms with van der Waals surface area (Å²) in [4.78, 5) is 39.0. The number of rotatable bonds is 3. The molecule has 0 amide bonds. The second kappa shape index (κ2) is 8.46. The Bertz CT molecular complexity index is 1290. The van der Waals surface area contributed by atoms with Gasteiger partial charge in [-0.2, -0.15) is 0 Å². The third-order valence-electron chi connectivity index (χ3n) is 7.50. The van der Waals surface area contributed by atoms with Crippen LogP contribution in [0, 0.1) is 0 Å². The largest absolute Gasteiger partial charge is 0.507 e. The number of aliphatic hydroxyl groups is 2. The van der Waals surface area contributed by atoms with Crippen molar-refractivity contribution in [3.8, 4) is 11.5 Å². The number of carbonyl (C=O) groups is 3. The van der Waals surface area contributed by atoms with Crippen molar-refractivity contribution < 1.29 is 44.3 Å². The molecule has 0 radical (unpaired) electrons. The van der Waals surface area contributed by atoms with Crippen molar-refractivity contribution in [3.05, 3.63) is 57.6 Å². The number of fused-ring (bicyclic) bond motifs is 3. The van der Waals surface area contributed by atoms with Crippen LogP contribution in [0.3, 0.4) is 0 Å². The molecule has 1 heterocycles. The molecule has 1 fully saturated rings. The number of benzene rings is 2. The smallest absolute Gasteiger partial charge is 0.198 e. The number of ketones is 3. The van der Waals surface area contributed by atoms with Crippen LogP contribution >= 0.6 is 0 Å². The van der Waals surface area contributed by atoms with Crippen LogP contribution < -0.4 is 5.73 Å². The van der Waals surface area contributed by atoms with Gasteiger partial charge in [0.15, 0.2) is 23.6 Å². The van der Waals surface area contributed by atoms with Gasteiger partial charge in [-0.25, -0.2) is 0 Å². The van der Waals surface area contributed by atoms with Crippen LogP contribution in [-0.2, 0) is 20.7 Å². The molecule has 1 saturated heterocycles. The van der Waals surface area contributed by atoms with Gasteiger partial charge in [0.05, 0.1) is 29.4 Å². The van der Waals surface area contributed by atoms with E-state index >= 15 is 0 Å². The van der Waals surface area contributed by atoms with E-state index in [4.69, 9.17) is 15.2 Å². The number of carbonyl (C=O) groups excluding carboxylic acids is 3. The second-order valence-corrected chi connectivity index (χ2v) is 9.80. The minimum atomic E-state index is -1.97. The average molecular weight is 498 g/mol. The lowest BCUT2D eigenvalue weighted by Gasteiger charge is -2.42. The van der Waals surface area contributed by atoms with Crippen LogP contribution in [0.4, 0.5) is 0 Å². The molecule has 5 rings (SSSR count). The molecular formula is C26H27NO9. The van der Waals surface area contributed by atoms with Crippen LogP contribution in [0.25, 0.3) is 0 Å². The summed E-state index contributed by atoms with van der Waals surface area (Å²) in [7, 11) is 0. The first-order valence-corrected chi connectivity index (χ1v) is 11.7. The normalized spacial score (nSPS) is 31.4. The zero-order valence-corrected chi connectivity index (χ0v) is 19.7. The number of ether oxygens (including phenoxy) is 2. The van der Waals surface area contributed by atoms with Crippen molar-refractivity contribution in [1.82, 2.24) is 0 Å². The van der Waals surface area contributed by atoms with Crippen molar-refractivity contribution in [2.24, 2.45) is 5.73 Å². The number of Topliss-reactive ketones (excluding diaryl/α,β-unsaturated/α-hetero) is 1. The van der Waals surface area contributed by atoms with Crippen LogP contribution in [0.15, 0.2) is 24.3 Å². The summed E-state index contributed by atoms with van der Waals surface area (Å²) in [6.07, 6.45) is -4.38. The zero-order chi connectivity index (χ0) is 26.1. The molecule has 0 bridgehead atoms.